The fourth-order valence-corrected chi connectivity index (χ4v) is 5.57. The molecule has 0 radical (unpaired) electrons. The van der Waals surface area contributed by atoms with E-state index in [1.165, 1.54) is 41.3 Å². The van der Waals surface area contributed by atoms with Crippen molar-refractivity contribution in [3.8, 4) is 0 Å². The van der Waals surface area contributed by atoms with E-state index in [0.717, 1.165) is 31.2 Å². The molecule has 4 amide bonds. The van der Waals surface area contributed by atoms with Crippen LogP contribution in [0.2, 0.25) is 0 Å². The highest BCUT2D eigenvalue weighted by Crippen LogP contribution is 2.37. The highest BCUT2D eigenvalue weighted by Gasteiger charge is 2.47. The van der Waals surface area contributed by atoms with Crippen molar-refractivity contribution in [2.75, 3.05) is 18.5 Å². The zero-order chi connectivity index (χ0) is 26.6. The van der Waals surface area contributed by atoms with E-state index in [1.807, 2.05) is 11.6 Å². The van der Waals surface area contributed by atoms with E-state index in [-0.39, 0.29) is 52.9 Å². The fourth-order valence-electron chi connectivity index (χ4n) is 4.67. The second-order valence-electron chi connectivity index (χ2n) is 9.27. The summed E-state index contributed by atoms with van der Waals surface area (Å²) < 4.78 is 31.8. The van der Waals surface area contributed by atoms with Gasteiger partial charge in [-0.15, -0.1) is 0 Å². The third kappa shape index (κ3) is 6.16. The minimum atomic E-state index is -4.03. The van der Waals surface area contributed by atoms with Crippen LogP contribution in [-0.2, 0) is 24.3 Å². The van der Waals surface area contributed by atoms with Gasteiger partial charge in [-0.3, -0.25) is 14.5 Å². The molecule has 0 spiro atoms. The number of urea groups is 1. The van der Waals surface area contributed by atoms with Crippen molar-refractivity contribution in [3.63, 3.8) is 0 Å². The summed E-state index contributed by atoms with van der Waals surface area (Å²) in [5, 5.41) is 2.41. The van der Waals surface area contributed by atoms with Gasteiger partial charge in [0.2, 0.25) is 11.8 Å². The number of benzene rings is 2. The Morgan fingerprint density at radius 1 is 0.946 bits per heavy atom. The summed E-state index contributed by atoms with van der Waals surface area (Å²) in [4.78, 5) is 50.7. The van der Waals surface area contributed by atoms with Crippen molar-refractivity contribution >= 4 is 39.5 Å². The number of imide groups is 1. The third-order valence-electron chi connectivity index (χ3n) is 6.63. The first-order valence-corrected chi connectivity index (χ1v) is 13.7. The van der Waals surface area contributed by atoms with Gasteiger partial charge in [-0.2, -0.15) is 0 Å². The number of hydrogen-bond donors (Lipinski definition) is 2. The maximum absolute atomic E-state index is 12.5. The van der Waals surface area contributed by atoms with Gasteiger partial charge in [0, 0.05) is 12.2 Å². The van der Waals surface area contributed by atoms with E-state index >= 15 is 0 Å². The van der Waals surface area contributed by atoms with E-state index in [2.05, 4.69) is 5.32 Å². The molecule has 2 atom stereocenters. The minimum absolute atomic E-state index is 0.0387. The van der Waals surface area contributed by atoms with Crippen LogP contribution in [0.3, 0.4) is 0 Å². The van der Waals surface area contributed by atoms with Crippen LogP contribution in [0.15, 0.2) is 53.4 Å². The monoisotopic (exact) mass is 527 g/mol. The van der Waals surface area contributed by atoms with Crippen molar-refractivity contribution in [2.24, 2.45) is 11.8 Å². The van der Waals surface area contributed by atoms with Crippen LogP contribution in [0.1, 0.15) is 48.0 Å². The molecular weight excluding hydrogens is 498 g/mol. The van der Waals surface area contributed by atoms with Gasteiger partial charge < -0.3 is 10.1 Å². The highest BCUT2D eigenvalue weighted by molar-refractivity contribution is 7.90. The number of aryl methyl sites for hydroxylation is 1. The Balaban J connectivity index is 1.22. The van der Waals surface area contributed by atoms with Gasteiger partial charge in [0.05, 0.1) is 28.9 Å². The molecule has 0 bridgehead atoms. The van der Waals surface area contributed by atoms with E-state index in [1.54, 1.807) is 12.1 Å². The number of anilines is 1. The predicted molar refractivity (Wildman–Crippen MR) is 134 cm³/mol. The number of likely N-dealkylation sites (tertiary alicyclic amines) is 1. The molecule has 1 aliphatic heterocycles. The molecule has 1 saturated heterocycles. The van der Waals surface area contributed by atoms with Crippen LogP contribution in [-0.4, -0.2) is 50.3 Å². The van der Waals surface area contributed by atoms with Crippen molar-refractivity contribution in [1.82, 2.24) is 9.62 Å². The molecule has 2 aliphatic rings. The van der Waals surface area contributed by atoms with Gasteiger partial charge in [0.1, 0.15) is 0 Å². The van der Waals surface area contributed by atoms with Gasteiger partial charge in [0.15, 0.2) is 0 Å². The van der Waals surface area contributed by atoms with E-state index in [4.69, 9.17) is 4.74 Å². The second kappa shape index (κ2) is 11.1. The Kier molecular flexibility index (Phi) is 7.91. The molecule has 2 N–H and O–H groups in total. The molecule has 2 unspecified atom stereocenters. The van der Waals surface area contributed by atoms with Gasteiger partial charge in [-0.25, -0.2) is 22.7 Å². The molecule has 196 valence electrons. The summed E-state index contributed by atoms with van der Waals surface area (Å²) in [6.07, 6.45) is 3.80. The van der Waals surface area contributed by atoms with Crippen LogP contribution in [0.5, 0.6) is 0 Å². The summed E-state index contributed by atoms with van der Waals surface area (Å²) in [6, 6.07) is 10.9. The first-order chi connectivity index (χ1) is 17.7. The summed E-state index contributed by atoms with van der Waals surface area (Å²) in [7, 11) is -4.03. The third-order valence-corrected chi connectivity index (χ3v) is 7.98. The molecule has 4 rings (SSSR count). The molecular formula is C26H29N3O7S. The van der Waals surface area contributed by atoms with E-state index < -0.39 is 22.0 Å². The van der Waals surface area contributed by atoms with Gasteiger partial charge in [-0.1, -0.05) is 30.5 Å². The molecule has 10 nitrogen and oxygen atoms in total. The first-order valence-electron chi connectivity index (χ1n) is 12.2. The smallest absolute Gasteiger partial charge is 0.338 e. The standard InChI is InChI=1S/C26H29N3O7S/c1-17-7-13-20(14-8-17)37(34,35)28-26(33)27-19-11-9-18(10-12-19)25(32)36-16-4-15-29-23(30)21-5-2-3-6-22(21)24(29)31/h7-14,21-22H,2-6,15-16H2,1H3,(H2,27,28,33). The average Bonchev–Trinajstić information content (AvgIpc) is 3.11. The number of nitrogens with zero attached hydrogens (tertiary/aromatic N) is 1. The second-order valence-corrected chi connectivity index (χ2v) is 10.9. The van der Waals surface area contributed by atoms with Crippen LogP contribution in [0.4, 0.5) is 10.5 Å². The van der Waals surface area contributed by atoms with Crippen LogP contribution in [0.25, 0.3) is 0 Å². The number of sulfonamides is 1. The van der Waals surface area contributed by atoms with Crippen LogP contribution >= 0.6 is 0 Å². The van der Waals surface area contributed by atoms with E-state index in [0.29, 0.717) is 6.42 Å². The largest absolute Gasteiger partial charge is 0.462 e. The molecule has 11 heteroatoms. The Labute approximate surface area is 215 Å². The molecule has 37 heavy (non-hydrogen) atoms. The Morgan fingerprint density at radius 3 is 2.14 bits per heavy atom. The number of fused-ring (bicyclic) bond motifs is 1. The quantitative estimate of drug-likeness (QED) is 0.305. The molecule has 0 aromatic heterocycles. The Hall–Kier alpha value is -3.73. The lowest BCUT2D eigenvalue weighted by molar-refractivity contribution is -0.140. The van der Waals surface area contributed by atoms with E-state index in [9.17, 15) is 27.6 Å². The van der Waals surface area contributed by atoms with Gasteiger partial charge in [0.25, 0.3) is 10.0 Å². The Bertz CT molecular complexity index is 1270. The maximum Gasteiger partial charge on any atom is 0.338 e. The zero-order valence-electron chi connectivity index (χ0n) is 20.4. The highest BCUT2D eigenvalue weighted by atomic mass is 32.2. The first kappa shape index (κ1) is 26.3. The molecule has 1 heterocycles. The lowest BCUT2D eigenvalue weighted by Gasteiger charge is -2.19. The molecule has 1 aliphatic carbocycles. The topological polar surface area (TPSA) is 139 Å². The summed E-state index contributed by atoms with van der Waals surface area (Å²) >= 11 is 0. The number of carbonyl (C=O) groups is 4. The SMILES string of the molecule is Cc1ccc(S(=O)(=O)NC(=O)Nc2ccc(C(=O)OCCCN3C(=O)C4CCCCC4C3=O)cc2)cc1. The fraction of sp³-hybridized carbons (Fsp3) is 0.385. The summed E-state index contributed by atoms with van der Waals surface area (Å²) in [6.45, 7) is 2.09. The lowest BCUT2D eigenvalue weighted by atomic mass is 9.81. The van der Waals surface area contributed by atoms with Crippen molar-refractivity contribution < 1.29 is 32.3 Å². The molecule has 2 aromatic rings. The van der Waals surface area contributed by atoms with Crippen molar-refractivity contribution in [2.45, 2.75) is 43.9 Å². The maximum atomic E-state index is 12.5. The molecule has 1 saturated carbocycles. The minimum Gasteiger partial charge on any atom is -0.462 e. The number of rotatable bonds is 8. The Morgan fingerprint density at radius 2 is 1.54 bits per heavy atom. The number of ether oxygens (including phenoxy) is 1. The molecule has 2 fully saturated rings. The van der Waals surface area contributed by atoms with Crippen molar-refractivity contribution in [3.05, 3.63) is 59.7 Å². The number of amides is 4. The normalized spacial score (nSPS) is 19.3. The number of esters is 1. The predicted octanol–water partition coefficient (Wildman–Crippen LogP) is 3.23. The number of nitrogens with one attached hydrogen (secondary N) is 2. The number of carbonyl (C=O) groups excluding carboxylic acids is 4. The molecule has 2 aromatic carbocycles. The van der Waals surface area contributed by atoms with Crippen LogP contribution < -0.4 is 10.0 Å². The summed E-state index contributed by atoms with van der Waals surface area (Å²) in [5.41, 5.74) is 1.40. The zero-order valence-corrected chi connectivity index (χ0v) is 21.3. The van der Waals surface area contributed by atoms with Gasteiger partial charge in [-0.05, 0) is 62.6 Å². The van der Waals surface area contributed by atoms with Crippen LogP contribution in [0, 0.1) is 18.8 Å². The average molecular weight is 528 g/mol. The van der Waals surface area contributed by atoms with Gasteiger partial charge >= 0.3 is 12.0 Å². The lowest BCUT2D eigenvalue weighted by Crippen LogP contribution is -2.34. The summed E-state index contributed by atoms with van der Waals surface area (Å²) in [5.74, 6) is -1.20. The number of hydrogen-bond acceptors (Lipinski definition) is 7. The van der Waals surface area contributed by atoms with Crippen molar-refractivity contribution in [1.29, 1.82) is 0 Å².